The molecule has 2 heterocycles. The fourth-order valence-electron chi connectivity index (χ4n) is 8.02. The first kappa shape index (κ1) is 34.9. The number of benzene rings is 7. The van der Waals surface area contributed by atoms with Gasteiger partial charge in [0.25, 0.3) is 0 Å². The average Bonchev–Trinajstić information content (AvgIpc) is 3.68. The fraction of sp³-hybridized carbons (Fsp3) is 0.0851. The highest BCUT2D eigenvalue weighted by molar-refractivity contribution is 6.12. The number of hydrogen-bond acceptors (Lipinski definition) is 0. The number of aromatic nitrogens is 2. The zero-order chi connectivity index (χ0) is 39.1. The molecule has 9 aromatic rings. The van der Waals surface area contributed by atoms with Crippen molar-refractivity contribution >= 4 is 49.3 Å². The van der Waals surface area contributed by atoms with Crippen LogP contribution in [0.3, 0.4) is 0 Å². The van der Waals surface area contributed by atoms with Crippen molar-refractivity contribution < 1.29 is 26.3 Å². The van der Waals surface area contributed by atoms with Crippen LogP contribution >= 0.6 is 0 Å². The minimum absolute atomic E-state index is 0.0815. The van der Waals surface area contributed by atoms with Crippen molar-refractivity contribution in [2.24, 2.45) is 0 Å². The van der Waals surface area contributed by atoms with Crippen molar-refractivity contribution in [2.75, 3.05) is 0 Å². The van der Waals surface area contributed by atoms with E-state index in [1.54, 1.807) is 24.3 Å². The molecule has 9 rings (SSSR count). The molecule has 0 radical (unpaired) electrons. The van der Waals surface area contributed by atoms with Crippen LogP contribution in [0.5, 0.6) is 0 Å². The lowest BCUT2D eigenvalue weighted by molar-refractivity contribution is -0.142. The van der Waals surface area contributed by atoms with Gasteiger partial charge >= 0.3 is 12.4 Å². The third kappa shape index (κ3) is 5.60. The summed E-state index contributed by atoms with van der Waals surface area (Å²) in [7, 11) is 0. The van der Waals surface area contributed by atoms with Crippen molar-refractivity contribution in [1.29, 1.82) is 0 Å². The number of para-hydroxylation sites is 2. The largest absolute Gasteiger partial charge is 0.417 e. The molecule has 0 fully saturated rings. The third-order valence-corrected chi connectivity index (χ3v) is 10.5. The molecule has 0 atom stereocenters. The highest BCUT2D eigenvalue weighted by Gasteiger charge is 2.38. The Morgan fingerprint density at radius 3 is 1.59 bits per heavy atom. The minimum Gasteiger partial charge on any atom is -0.309 e. The highest BCUT2D eigenvalue weighted by Crippen LogP contribution is 2.46. The number of hydrogen-bond donors (Lipinski definition) is 0. The van der Waals surface area contributed by atoms with Gasteiger partial charge in [0.15, 0.2) is 5.69 Å². The second-order valence-electron chi connectivity index (χ2n) is 14.0. The van der Waals surface area contributed by atoms with E-state index in [-0.39, 0.29) is 17.2 Å². The van der Waals surface area contributed by atoms with Gasteiger partial charge in [-0.1, -0.05) is 83.9 Å². The number of alkyl halides is 6. The molecule has 0 aliphatic heterocycles. The van der Waals surface area contributed by atoms with Crippen molar-refractivity contribution in [3.05, 3.63) is 173 Å². The number of halogens is 6. The van der Waals surface area contributed by atoms with E-state index in [9.17, 15) is 26.3 Å². The van der Waals surface area contributed by atoms with Crippen LogP contribution in [0.4, 0.5) is 32.0 Å². The average molecular weight is 750 g/mol. The number of nitrogens with zero attached hydrogens (tertiary/aromatic N) is 3. The van der Waals surface area contributed by atoms with E-state index >= 15 is 0 Å². The molecule has 0 aliphatic rings. The van der Waals surface area contributed by atoms with E-state index in [1.807, 2.05) is 85.1 Å². The predicted octanol–water partition coefficient (Wildman–Crippen LogP) is 14.4. The standard InChI is InChI=1S/C47H29F6N3/c1-27-12-19-42-36(22-27)33-8-4-6-10-40(33)55(42)44-21-16-31(54-3)26-38(44)35-17-14-29(32-18-15-30(46(48,49)50)25-39(32)47(51,52)53)24-45(35)56-41-11-7-5-9-34(41)37-23-28(2)13-20-43(37)56/h4-26H,1-2H3. The summed E-state index contributed by atoms with van der Waals surface area (Å²) in [6, 6.07) is 40.0. The zero-order valence-electron chi connectivity index (χ0n) is 29.9. The Bertz CT molecular complexity index is 3100. The van der Waals surface area contributed by atoms with Gasteiger partial charge in [0.2, 0.25) is 0 Å². The van der Waals surface area contributed by atoms with E-state index in [0.29, 0.717) is 28.6 Å². The Balaban J connectivity index is 1.41. The lowest BCUT2D eigenvalue weighted by Gasteiger charge is -2.21. The molecule has 0 saturated heterocycles. The summed E-state index contributed by atoms with van der Waals surface area (Å²) in [6.45, 7) is 12.0. The molecule has 0 aliphatic carbocycles. The summed E-state index contributed by atoms with van der Waals surface area (Å²) in [5.41, 5.74) is 5.29. The summed E-state index contributed by atoms with van der Waals surface area (Å²) in [4.78, 5) is 3.77. The topological polar surface area (TPSA) is 14.2 Å². The smallest absolute Gasteiger partial charge is 0.309 e. The minimum atomic E-state index is -5.08. The molecule has 56 heavy (non-hydrogen) atoms. The number of rotatable bonds is 4. The first-order chi connectivity index (χ1) is 26.8. The van der Waals surface area contributed by atoms with Crippen LogP contribution in [-0.4, -0.2) is 9.13 Å². The summed E-state index contributed by atoms with van der Waals surface area (Å²) >= 11 is 0. The molecule has 0 spiro atoms. The second kappa shape index (κ2) is 12.6. The van der Waals surface area contributed by atoms with Crippen molar-refractivity contribution in [3.63, 3.8) is 0 Å². The molecule has 9 heteroatoms. The first-order valence-electron chi connectivity index (χ1n) is 17.8. The SMILES string of the molecule is [C-]#[N+]c1ccc(-n2c3ccccc3c3cc(C)ccc32)c(-c2ccc(-c3ccc(C(F)(F)F)cc3C(F)(F)F)cc2-n2c3ccccc3c3cc(C)ccc32)c1. The van der Waals surface area contributed by atoms with Crippen LogP contribution in [0.25, 0.3) is 82.1 Å². The van der Waals surface area contributed by atoms with Gasteiger partial charge in [-0.15, -0.1) is 0 Å². The van der Waals surface area contributed by atoms with Gasteiger partial charge in [0.1, 0.15) is 0 Å². The normalized spacial score (nSPS) is 12.3. The third-order valence-electron chi connectivity index (χ3n) is 10.5. The van der Waals surface area contributed by atoms with Crippen LogP contribution in [0, 0.1) is 20.4 Å². The summed E-state index contributed by atoms with van der Waals surface area (Å²) in [5.74, 6) is 0. The van der Waals surface area contributed by atoms with Crippen molar-refractivity contribution in [1.82, 2.24) is 9.13 Å². The fourth-order valence-corrected chi connectivity index (χ4v) is 8.02. The maximum atomic E-state index is 14.6. The molecule has 0 amide bonds. The molecule has 0 unspecified atom stereocenters. The van der Waals surface area contributed by atoms with Crippen LogP contribution in [-0.2, 0) is 12.4 Å². The highest BCUT2D eigenvalue weighted by atomic mass is 19.4. The first-order valence-corrected chi connectivity index (χ1v) is 17.8. The van der Waals surface area contributed by atoms with Crippen molar-refractivity contribution in [3.8, 4) is 33.6 Å². The van der Waals surface area contributed by atoms with Gasteiger partial charge < -0.3 is 9.13 Å². The lowest BCUT2D eigenvalue weighted by Crippen LogP contribution is -2.12. The lowest BCUT2D eigenvalue weighted by atomic mass is 9.93. The van der Waals surface area contributed by atoms with E-state index < -0.39 is 23.5 Å². The van der Waals surface area contributed by atoms with Gasteiger partial charge in [-0.25, -0.2) is 4.85 Å². The number of aryl methyl sites for hydroxylation is 2. The van der Waals surface area contributed by atoms with E-state index in [1.165, 1.54) is 6.07 Å². The van der Waals surface area contributed by atoms with Gasteiger partial charge in [0.05, 0.1) is 51.1 Å². The van der Waals surface area contributed by atoms with E-state index in [4.69, 9.17) is 6.57 Å². The summed E-state index contributed by atoms with van der Waals surface area (Å²) in [6.07, 6.45) is -10.0. The Labute approximate surface area is 317 Å². The van der Waals surface area contributed by atoms with Crippen LogP contribution in [0.15, 0.2) is 140 Å². The Morgan fingerprint density at radius 2 is 1.02 bits per heavy atom. The van der Waals surface area contributed by atoms with Gasteiger partial charge in [-0.2, -0.15) is 26.3 Å². The van der Waals surface area contributed by atoms with E-state index in [0.717, 1.165) is 66.5 Å². The maximum Gasteiger partial charge on any atom is 0.417 e. The second-order valence-corrected chi connectivity index (χ2v) is 14.0. The Hall–Kier alpha value is -6.79. The van der Waals surface area contributed by atoms with Gasteiger partial charge in [-0.05, 0) is 97.3 Å². The Kier molecular flexibility index (Phi) is 7.89. The monoisotopic (exact) mass is 749 g/mol. The molecular formula is C47H29F6N3. The molecule has 2 aromatic heterocycles. The molecule has 7 aromatic carbocycles. The quantitative estimate of drug-likeness (QED) is 0.126. The Morgan fingerprint density at radius 1 is 0.464 bits per heavy atom. The van der Waals surface area contributed by atoms with Gasteiger partial charge in [0, 0.05) is 27.1 Å². The van der Waals surface area contributed by atoms with Crippen LogP contribution < -0.4 is 0 Å². The molecule has 0 bridgehead atoms. The molecule has 3 nitrogen and oxygen atoms in total. The van der Waals surface area contributed by atoms with Crippen LogP contribution in [0.1, 0.15) is 22.3 Å². The molecular weight excluding hydrogens is 721 g/mol. The van der Waals surface area contributed by atoms with Gasteiger partial charge in [-0.3, -0.25) is 0 Å². The zero-order valence-corrected chi connectivity index (χ0v) is 29.9. The summed E-state index contributed by atoms with van der Waals surface area (Å²) in [5, 5.41) is 3.91. The molecule has 0 saturated carbocycles. The van der Waals surface area contributed by atoms with Crippen molar-refractivity contribution in [2.45, 2.75) is 26.2 Å². The maximum absolute atomic E-state index is 14.6. The molecule has 274 valence electrons. The van der Waals surface area contributed by atoms with Crippen LogP contribution in [0.2, 0.25) is 0 Å². The number of fused-ring (bicyclic) bond motifs is 6. The van der Waals surface area contributed by atoms with E-state index in [2.05, 4.69) is 33.7 Å². The predicted molar refractivity (Wildman–Crippen MR) is 212 cm³/mol. The molecule has 0 N–H and O–H groups in total. The summed E-state index contributed by atoms with van der Waals surface area (Å²) < 4.78 is 89.3.